The van der Waals surface area contributed by atoms with E-state index in [9.17, 15) is 9.59 Å². The van der Waals surface area contributed by atoms with Gasteiger partial charge in [0, 0.05) is 17.6 Å². The Balaban J connectivity index is 2.29. The molecule has 0 saturated carbocycles. The molecule has 2 atom stereocenters. The lowest BCUT2D eigenvalue weighted by atomic mass is 10.1. The molecule has 1 N–H and O–H groups in total. The van der Waals surface area contributed by atoms with Crippen LogP contribution in [-0.2, 0) is 22.6 Å². The van der Waals surface area contributed by atoms with E-state index in [1.165, 1.54) is 0 Å². The topological polar surface area (TPSA) is 58.6 Å². The summed E-state index contributed by atoms with van der Waals surface area (Å²) >= 11 is 6.35. The molecule has 0 fully saturated rings. The lowest BCUT2D eigenvalue weighted by Crippen LogP contribution is -2.51. The summed E-state index contributed by atoms with van der Waals surface area (Å²) in [6.45, 7) is 6.17. The van der Waals surface area contributed by atoms with Crippen LogP contribution in [0.5, 0.6) is 5.75 Å². The Labute approximate surface area is 184 Å². The van der Waals surface area contributed by atoms with Crippen molar-refractivity contribution in [2.45, 2.75) is 58.7 Å². The number of nitrogens with zero attached hydrogens (tertiary/aromatic N) is 1. The van der Waals surface area contributed by atoms with Crippen molar-refractivity contribution in [1.29, 1.82) is 0 Å². The highest BCUT2D eigenvalue weighted by molar-refractivity contribution is 6.31. The average molecular weight is 431 g/mol. The quantitative estimate of drug-likeness (QED) is 0.598. The van der Waals surface area contributed by atoms with E-state index in [-0.39, 0.29) is 30.8 Å². The number of nitrogens with one attached hydrogen (secondary N) is 1. The van der Waals surface area contributed by atoms with Gasteiger partial charge in [-0.1, -0.05) is 55.8 Å². The fraction of sp³-hybridized carbons (Fsp3) is 0.417. The van der Waals surface area contributed by atoms with Gasteiger partial charge in [-0.2, -0.15) is 0 Å². The van der Waals surface area contributed by atoms with Crippen LogP contribution in [-0.4, -0.2) is 35.9 Å². The van der Waals surface area contributed by atoms with E-state index in [0.717, 1.165) is 23.3 Å². The summed E-state index contributed by atoms with van der Waals surface area (Å²) in [5.74, 6) is 0.478. The van der Waals surface area contributed by atoms with Gasteiger partial charge in [0.2, 0.25) is 11.8 Å². The first-order valence-corrected chi connectivity index (χ1v) is 10.7. The molecule has 2 amide bonds. The summed E-state index contributed by atoms with van der Waals surface area (Å²) in [6.07, 6.45) is 1.54. The zero-order valence-electron chi connectivity index (χ0n) is 18.2. The van der Waals surface area contributed by atoms with Crippen molar-refractivity contribution in [3.63, 3.8) is 0 Å². The number of hydrogen-bond acceptors (Lipinski definition) is 3. The molecule has 0 radical (unpaired) electrons. The first-order chi connectivity index (χ1) is 14.4. The third kappa shape index (κ3) is 6.49. The van der Waals surface area contributed by atoms with E-state index in [4.69, 9.17) is 16.3 Å². The first-order valence-electron chi connectivity index (χ1n) is 10.4. The summed E-state index contributed by atoms with van der Waals surface area (Å²) in [5.41, 5.74) is 1.68. The van der Waals surface area contributed by atoms with Crippen molar-refractivity contribution in [3.8, 4) is 5.75 Å². The van der Waals surface area contributed by atoms with Gasteiger partial charge in [-0.25, -0.2) is 0 Å². The third-order valence-corrected chi connectivity index (χ3v) is 5.57. The van der Waals surface area contributed by atoms with Crippen LogP contribution in [0.2, 0.25) is 5.02 Å². The molecule has 162 valence electrons. The predicted octanol–water partition coefficient (Wildman–Crippen LogP) is 4.61. The lowest BCUT2D eigenvalue weighted by Gasteiger charge is -2.32. The minimum atomic E-state index is -0.568. The van der Waals surface area contributed by atoms with Gasteiger partial charge in [-0.3, -0.25) is 9.59 Å². The molecule has 0 aliphatic carbocycles. The number of ether oxygens (including phenoxy) is 1. The molecule has 0 unspecified atom stereocenters. The minimum Gasteiger partial charge on any atom is -0.497 e. The normalized spacial score (nSPS) is 12.7. The van der Waals surface area contributed by atoms with Crippen molar-refractivity contribution in [3.05, 3.63) is 64.7 Å². The highest BCUT2D eigenvalue weighted by Crippen LogP contribution is 2.21. The van der Waals surface area contributed by atoms with Gasteiger partial charge in [-0.05, 0) is 49.1 Å². The molecule has 0 bridgehead atoms. The van der Waals surface area contributed by atoms with Gasteiger partial charge in [0.1, 0.15) is 11.8 Å². The Bertz CT molecular complexity index is 839. The molecule has 2 aromatic carbocycles. The Morgan fingerprint density at radius 1 is 1.07 bits per heavy atom. The number of rotatable bonds is 10. The van der Waals surface area contributed by atoms with Crippen molar-refractivity contribution in [1.82, 2.24) is 10.2 Å². The number of carbonyl (C=O) groups excluding carboxylic acids is 2. The van der Waals surface area contributed by atoms with E-state index >= 15 is 0 Å². The summed E-state index contributed by atoms with van der Waals surface area (Å²) < 4.78 is 5.19. The largest absolute Gasteiger partial charge is 0.497 e. The molecule has 0 saturated heterocycles. The first kappa shape index (κ1) is 23.7. The monoisotopic (exact) mass is 430 g/mol. The lowest BCUT2D eigenvalue weighted by molar-refractivity contribution is -0.141. The van der Waals surface area contributed by atoms with E-state index in [2.05, 4.69) is 5.32 Å². The zero-order valence-corrected chi connectivity index (χ0v) is 18.9. The van der Waals surface area contributed by atoms with Gasteiger partial charge >= 0.3 is 0 Å². The number of methoxy groups -OCH3 is 1. The van der Waals surface area contributed by atoms with Crippen LogP contribution in [0.4, 0.5) is 0 Å². The molecule has 2 rings (SSSR count). The van der Waals surface area contributed by atoms with Crippen molar-refractivity contribution in [2.24, 2.45) is 0 Å². The van der Waals surface area contributed by atoms with Crippen LogP contribution in [0, 0.1) is 0 Å². The zero-order chi connectivity index (χ0) is 22.1. The van der Waals surface area contributed by atoms with Crippen LogP contribution < -0.4 is 10.1 Å². The van der Waals surface area contributed by atoms with Gasteiger partial charge < -0.3 is 15.0 Å². The molecule has 2 aromatic rings. The maximum atomic E-state index is 13.3. The molecule has 0 heterocycles. The molecule has 5 nitrogen and oxygen atoms in total. The highest BCUT2D eigenvalue weighted by Gasteiger charge is 2.29. The molecule has 0 aromatic heterocycles. The van der Waals surface area contributed by atoms with Gasteiger partial charge in [-0.15, -0.1) is 0 Å². The summed E-state index contributed by atoms with van der Waals surface area (Å²) in [6, 6.07) is 14.3. The molecular weight excluding hydrogens is 400 g/mol. The Kier molecular flexibility index (Phi) is 9.18. The number of halogens is 1. The number of amides is 2. The second kappa shape index (κ2) is 11.6. The third-order valence-electron chi connectivity index (χ3n) is 5.20. The molecule has 0 spiro atoms. The number of hydrogen-bond donors (Lipinski definition) is 1. The summed E-state index contributed by atoms with van der Waals surface area (Å²) in [4.78, 5) is 27.9. The highest BCUT2D eigenvalue weighted by atomic mass is 35.5. The fourth-order valence-corrected chi connectivity index (χ4v) is 3.39. The maximum absolute atomic E-state index is 13.3. The standard InChI is InChI=1S/C24H31ClN2O3/c1-5-17(3)26-24(29)22(6-2)27(16-19-9-7-8-10-21(19)25)23(28)15-18-11-13-20(30-4)14-12-18/h7-14,17,22H,5-6,15-16H2,1-4H3,(H,26,29)/t17-,22-/m1/s1. The smallest absolute Gasteiger partial charge is 0.243 e. The SMILES string of the molecule is CC[C@@H](C)NC(=O)[C@@H](CC)N(Cc1ccccc1Cl)C(=O)Cc1ccc(OC)cc1. The molecule has 0 aliphatic heterocycles. The van der Waals surface area contributed by atoms with Crippen LogP contribution >= 0.6 is 11.6 Å². The number of benzene rings is 2. The van der Waals surface area contributed by atoms with E-state index in [1.807, 2.05) is 63.2 Å². The van der Waals surface area contributed by atoms with Gasteiger partial charge in [0.15, 0.2) is 0 Å². The van der Waals surface area contributed by atoms with Gasteiger partial charge in [0.05, 0.1) is 13.5 Å². The van der Waals surface area contributed by atoms with Crippen molar-refractivity contribution < 1.29 is 14.3 Å². The Hall–Kier alpha value is -2.53. The molecule has 0 aliphatic rings. The maximum Gasteiger partial charge on any atom is 0.243 e. The van der Waals surface area contributed by atoms with Crippen LogP contribution in [0.1, 0.15) is 44.7 Å². The summed E-state index contributed by atoms with van der Waals surface area (Å²) in [5, 5.41) is 3.59. The second-order valence-corrected chi connectivity index (χ2v) is 7.79. The predicted molar refractivity (Wildman–Crippen MR) is 121 cm³/mol. The van der Waals surface area contributed by atoms with Crippen molar-refractivity contribution >= 4 is 23.4 Å². The Morgan fingerprint density at radius 3 is 2.30 bits per heavy atom. The minimum absolute atomic E-state index is 0.0467. The van der Waals surface area contributed by atoms with Crippen LogP contribution in [0.15, 0.2) is 48.5 Å². The molecule has 6 heteroatoms. The van der Waals surface area contributed by atoms with Gasteiger partial charge in [0.25, 0.3) is 0 Å². The Morgan fingerprint density at radius 2 is 1.73 bits per heavy atom. The molecule has 30 heavy (non-hydrogen) atoms. The average Bonchev–Trinajstić information content (AvgIpc) is 2.75. The molecular formula is C24H31ClN2O3. The van der Waals surface area contributed by atoms with E-state index in [1.54, 1.807) is 18.1 Å². The van der Waals surface area contributed by atoms with Crippen LogP contribution in [0.25, 0.3) is 0 Å². The van der Waals surface area contributed by atoms with E-state index < -0.39 is 6.04 Å². The second-order valence-electron chi connectivity index (χ2n) is 7.38. The van der Waals surface area contributed by atoms with Crippen molar-refractivity contribution in [2.75, 3.05) is 7.11 Å². The van der Waals surface area contributed by atoms with Crippen LogP contribution in [0.3, 0.4) is 0 Å². The fourth-order valence-electron chi connectivity index (χ4n) is 3.19. The number of carbonyl (C=O) groups is 2. The summed E-state index contributed by atoms with van der Waals surface area (Å²) in [7, 11) is 1.60. The van der Waals surface area contributed by atoms with E-state index in [0.29, 0.717) is 11.4 Å².